The van der Waals surface area contributed by atoms with E-state index in [1.807, 2.05) is 0 Å². The highest BCUT2D eigenvalue weighted by Crippen LogP contribution is 2.23. The molecule has 82 valence electrons. The molecule has 0 bridgehead atoms. The minimum Gasteiger partial charge on any atom is -0.343 e. The zero-order valence-corrected chi connectivity index (χ0v) is 10.2. The van der Waals surface area contributed by atoms with Crippen molar-refractivity contribution in [1.29, 1.82) is 0 Å². The molecule has 0 spiro atoms. The fourth-order valence-electron chi connectivity index (χ4n) is 1.64. The summed E-state index contributed by atoms with van der Waals surface area (Å²) in [5.41, 5.74) is 0. The molecule has 4 heteroatoms. The summed E-state index contributed by atoms with van der Waals surface area (Å²) in [4.78, 5) is 11.4. The van der Waals surface area contributed by atoms with Gasteiger partial charge in [0, 0.05) is 11.8 Å². The van der Waals surface area contributed by atoms with Gasteiger partial charge < -0.3 is 5.32 Å². The molecule has 0 heterocycles. The van der Waals surface area contributed by atoms with E-state index in [0.717, 1.165) is 25.0 Å². The van der Waals surface area contributed by atoms with Gasteiger partial charge in [-0.05, 0) is 19.3 Å². The van der Waals surface area contributed by atoms with Crippen LogP contribution in [0.25, 0.3) is 0 Å². The van der Waals surface area contributed by atoms with Crippen molar-refractivity contribution in [3.63, 3.8) is 0 Å². The first-order valence-corrected chi connectivity index (χ1v) is 6.73. The number of carbonyl (C=O) groups excluding carboxylic acids is 1. The van der Waals surface area contributed by atoms with Gasteiger partial charge in [-0.2, -0.15) is 0 Å². The number of hydrogen-bond acceptors (Lipinski definition) is 2. The molecule has 2 nitrogen and oxygen atoms in total. The molecule has 1 aliphatic rings. The maximum Gasteiger partial charge on any atom is 0.279 e. The third kappa shape index (κ3) is 4.09. The number of thioether (sulfide) groups is 1. The number of rotatable bonds is 3. The number of nitrogens with one attached hydrogen (secondary N) is 1. The molecule has 0 aromatic rings. The monoisotopic (exact) mass is 235 g/mol. The maximum atomic E-state index is 11.4. The predicted molar refractivity (Wildman–Crippen MR) is 63.2 cm³/mol. The van der Waals surface area contributed by atoms with Gasteiger partial charge in [-0.1, -0.05) is 31.5 Å². The lowest BCUT2D eigenvalue weighted by atomic mass is 9.95. The van der Waals surface area contributed by atoms with Crippen LogP contribution in [-0.4, -0.2) is 22.4 Å². The molecule has 1 rings (SSSR count). The fraction of sp³-hybridized carbons (Fsp3) is 0.900. The van der Waals surface area contributed by atoms with E-state index in [0.29, 0.717) is 0 Å². The first-order valence-electron chi connectivity index (χ1n) is 5.31. The van der Waals surface area contributed by atoms with Crippen molar-refractivity contribution in [2.45, 2.75) is 50.4 Å². The molecule has 0 aromatic heterocycles. The lowest BCUT2D eigenvalue weighted by molar-refractivity contribution is 0.253. The van der Waals surface area contributed by atoms with Gasteiger partial charge in [0.05, 0.1) is 5.38 Å². The lowest BCUT2D eigenvalue weighted by Gasteiger charge is -2.27. The smallest absolute Gasteiger partial charge is 0.279 e. The standard InChI is InChI=1S/C10H18ClNOS/c1-2-7-14-10(13)12-9-6-4-3-5-8(9)11/h8-9H,2-7H2,1H3,(H,12,13). The Bertz CT molecular complexity index is 189. The van der Waals surface area contributed by atoms with Gasteiger partial charge in [-0.25, -0.2) is 0 Å². The molecule has 1 saturated carbocycles. The summed E-state index contributed by atoms with van der Waals surface area (Å²) in [6.07, 6.45) is 5.49. The molecule has 2 atom stereocenters. The minimum atomic E-state index is 0.0874. The molecule has 14 heavy (non-hydrogen) atoms. The van der Waals surface area contributed by atoms with Crippen LogP contribution in [0.2, 0.25) is 0 Å². The summed E-state index contributed by atoms with van der Waals surface area (Å²) in [5.74, 6) is 0.894. The highest BCUT2D eigenvalue weighted by molar-refractivity contribution is 8.13. The van der Waals surface area contributed by atoms with Crippen molar-refractivity contribution < 1.29 is 4.79 Å². The molecular weight excluding hydrogens is 218 g/mol. The lowest BCUT2D eigenvalue weighted by Crippen LogP contribution is -2.41. The minimum absolute atomic E-state index is 0.0874. The van der Waals surface area contributed by atoms with Crippen molar-refractivity contribution >= 4 is 28.6 Å². The molecule has 0 radical (unpaired) electrons. The fourth-order valence-corrected chi connectivity index (χ4v) is 2.60. The Morgan fingerprint density at radius 1 is 1.50 bits per heavy atom. The Labute approximate surface area is 95.2 Å². The van der Waals surface area contributed by atoms with E-state index in [9.17, 15) is 4.79 Å². The van der Waals surface area contributed by atoms with E-state index < -0.39 is 0 Å². The topological polar surface area (TPSA) is 29.1 Å². The first-order chi connectivity index (χ1) is 6.74. The van der Waals surface area contributed by atoms with Crippen molar-refractivity contribution in [2.24, 2.45) is 0 Å². The van der Waals surface area contributed by atoms with Gasteiger partial charge in [0.15, 0.2) is 0 Å². The Kier molecular flexibility index (Phi) is 5.71. The molecule has 0 aromatic carbocycles. The molecule has 2 unspecified atom stereocenters. The maximum absolute atomic E-state index is 11.4. The van der Waals surface area contributed by atoms with Crippen molar-refractivity contribution in [3.05, 3.63) is 0 Å². The van der Waals surface area contributed by atoms with Gasteiger partial charge >= 0.3 is 0 Å². The Morgan fingerprint density at radius 3 is 2.86 bits per heavy atom. The first kappa shape index (κ1) is 12.2. The van der Waals surface area contributed by atoms with E-state index in [2.05, 4.69) is 12.2 Å². The van der Waals surface area contributed by atoms with Crippen LogP contribution in [0.15, 0.2) is 0 Å². The van der Waals surface area contributed by atoms with Gasteiger partial charge in [-0.15, -0.1) is 11.6 Å². The van der Waals surface area contributed by atoms with E-state index in [-0.39, 0.29) is 16.7 Å². The quantitative estimate of drug-likeness (QED) is 0.760. The SMILES string of the molecule is CCCSC(=O)NC1CCCCC1Cl. The van der Waals surface area contributed by atoms with Crippen LogP contribution in [0.5, 0.6) is 0 Å². The zero-order valence-electron chi connectivity index (χ0n) is 8.59. The highest BCUT2D eigenvalue weighted by atomic mass is 35.5. The largest absolute Gasteiger partial charge is 0.343 e. The van der Waals surface area contributed by atoms with Gasteiger partial charge in [-0.3, -0.25) is 4.79 Å². The summed E-state index contributed by atoms with van der Waals surface area (Å²) in [7, 11) is 0. The number of alkyl halides is 1. The third-order valence-corrected chi connectivity index (χ3v) is 3.94. The number of carbonyl (C=O) groups is 1. The van der Waals surface area contributed by atoms with Gasteiger partial charge in [0.1, 0.15) is 0 Å². The Morgan fingerprint density at radius 2 is 2.21 bits per heavy atom. The second-order valence-electron chi connectivity index (χ2n) is 3.69. The van der Waals surface area contributed by atoms with Crippen molar-refractivity contribution in [3.8, 4) is 0 Å². The molecule has 1 fully saturated rings. The van der Waals surface area contributed by atoms with E-state index in [1.165, 1.54) is 24.6 Å². The normalized spacial score (nSPS) is 27.3. The van der Waals surface area contributed by atoms with Crippen LogP contribution in [0.3, 0.4) is 0 Å². The summed E-state index contributed by atoms with van der Waals surface area (Å²) < 4.78 is 0. The molecule has 0 saturated heterocycles. The van der Waals surface area contributed by atoms with Gasteiger partial charge in [0.25, 0.3) is 5.24 Å². The van der Waals surface area contributed by atoms with Crippen molar-refractivity contribution in [2.75, 3.05) is 5.75 Å². The molecule has 1 aliphatic carbocycles. The molecular formula is C10H18ClNOS. The van der Waals surface area contributed by atoms with Crippen LogP contribution < -0.4 is 5.32 Å². The Balaban J connectivity index is 2.23. The van der Waals surface area contributed by atoms with E-state index in [4.69, 9.17) is 11.6 Å². The molecule has 0 aliphatic heterocycles. The van der Waals surface area contributed by atoms with Crippen LogP contribution in [-0.2, 0) is 0 Å². The van der Waals surface area contributed by atoms with Crippen molar-refractivity contribution in [1.82, 2.24) is 5.32 Å². The number of hydrogen-bond donors (Lipinski definition) is 1. The average Bonchev–Trinajstić information content (AvgIpc) is 2.18. The number of halogens is 1. The second-order valence-corrected chi connectivity index (χ2v) is 5.32. The van der Waals surface area contributed by atoms with Crippen LogP contribution in [0.4, 0.5) is 4.79 Å². The van der Waals surface area contributed by atoms with Crippen LogP contribution in [0.1, 0.15) is 39.0 Å². The predicted octanol–water partition coefficient (Wildman–Crippen LogP) is 3.39. The van der Waals surface area contributed by atoms with E-state index in [1.54, 1.807) is 0 Å². The summed E-state index contributed by atoms with van der Waals surface area (Å²) in [5, 5.41) is 3.22. The summed E-state index contributed by atoms with van der Waals surface area (Å²) in [6, 6.07) is 0.197. The summed E-state index contributed by atoms with van der Waals surface area (Å²) in [6.45, 7) is 2.07. The molecule has 1 amide bonds. The van der Waals surface area contributed by atoms with Gasteiger partial charge in [0.2, 0.25) is 0 Å². The average molecular weight is 236 g/mol. The third-order valence-electron chi connectivity index (χ3n) is 2.42. The zero-order chi connectivity index (χ0) is 10.4. The Hall–Kier alpha value is 0.110. The van der Waals surface area contributed by atoms with E-state index >= 15 is 0 Å². The van der Waals surface area contributed by atoms with Crippen LogP contribution >= 0.6 is 23.4 Å². The highest BCUT2D eigenvalue weighted by Gasteiger charge is 2.24. The molecule has 1 N–H and O–H groups in total. The summed E-state index contributed by atoms with van der Waals surface area (Å²) >= 11 is 7.50. The second kappa shape index (κ2) is 6.57. The number of amides is 1. The van der Waals surface area contributed by atoms with Crippen LogP contribution in [0, 0.1) is 0 Å².